The van der Waals surface area contributed by atoms with Gasteiger partial charge in [-0.3, -0.25) is 4.79 Å². The van der Waals surface area contributed by atoms with Crippen molar-refractivity contribution in [1.82, 2.24) is 0 Å². The molecule has 1 aliphatic rings. The Labute approximate surface area is 129 Å². The zero-order valence-corrected chi connectivity index (χ0v) is 12.4. The number of amides is 1. The lowest BCUT2D eigenvalue weighted by Crippen LogP contribution is -2.16. The number of benzene rings is 2. The summed E-state index contributed by atoms with van der Waals surface area (Å²) in [6.45, 7) is 0. The standard InChI is InChI=1S/C17H17ClN2O/c18-16-13(8-4-9-14(16)19)17(21)20-15-10-3-6-11-5-1-2-7-12(11)15/h3-4,6,8-10H,1-2,5,7,19H2,(H,20,21). The highest BCUT2D eigenvalue weighted by atomic mass is 35.5. The van der Waals surface area contributed by atoms with Crippen molar-refractivity contribution in [1.29, 1.82) is 0 Å². The molecule has 0 heterocycles. The average Bonchev–Trinajstić information content (AvgIpc) is 2.50. The van der Waals surface area contributed by atoms with Crippen LogP contribution in [0.5, 0.6) is 0 Å². The molecule has 0 unspecified atom stereocenters. The summed E-state index contributed by atoms with van der Waals surface area (Å²) in [5, 5.41) is 3.28. The number of carbonyl (C=O) groups is 1. The number of nitrogen functional groups attached to an aromatic ring is 1. The van der Waals surface area contributed by atoms with Gasteiger partial charge >= 0.3 is 0 Å². The number of hydrogen-bond donors (Lipinski definition) is 2. The summed E-state index contributed by atoms with van der Waals surface area (Å²) < 4.78 is 0. The van der Waals surface area contributed by atoms with Gasteiger partial charge in [0.25, 0.3) is 5.91 Å². The number of nitrogens with two attached hydrogens (primary N) is 1. The molecule has 4 heteroatoms. The fourth-order valence-corrected chi connectivity index (χ4v) is 3.03. The number of hydrogen-bond acceptors (Lipinski definition) is 2. The van der Waals surface area contributed by atoms with Crippen molar-refractivity contribution in [2.24, 2.45) is 0 Å². The number of halogens is 1. The third kappa shape index (κ3) is 2.74. The van der Waals surface area contributed by atoms with Crippen molar-refractivity contribution in [2.75, 3.05) is 11.1 Å². The van der Waals surface area contributed by atoms with Crippen LogP contribution in [0.1, 0.15) is 34.3 Å². The fraction of sp³-hybridized carbons (Fsp3) is 0.235. The average molecular weight is 301 g/mol. The van der Waals surface area contributed by atoms with Crippen molar-refractivity contribution in [3.8, 4) is 0 Å². The van der Waals surface area contributed by atoms with Crippen LogP contribution in [0.4, 0.5) is 11.4 Å². The molecule has 0 aliphatic heterocycles. The largest absolute Gasteiger partial charge is 0.398 e. The summed E-state index contributed by atoms with van der Waals surface area (Å²) in [4.78, 5) is 12.4. The monoisotopic (exact) mass is 300 g/mol. The molecular formula is C17H17ClN2O. The van der Waals surface area contributed by atoms with E-state index in [0.29, 0.717) is 16.3 Å². The number of carbonyl (C=O) groups excluding carboxylic acids is 1. The number of anilines is 2. The van der Waals surface area contributed by atoms with E-state index >= 15 is 0 Å². The maximum absolute atomic E-state index is 12.4. The van der Waals surface area contributed by atoms with Crippen molar-refractivity contribution < 1.29 is 4.79 Å². The number of fused-ring (bicyclic) bond motifs is 1. The van der Waals surface area contributed by atoms with Crippen molar-refractivity contribution in [3.63, 3.8) is 0 Å². The Hall–Kier alpha value is -2.00. The third-order valence-corrected chi connectivity index (χ3v) is 4.34. The Balaban J connectivity index is 1.90. The molecule has 0 spiro atoms. The molecule has 21 heavy (non-hydrogen) atoms. The van der Waals surface area contributed by atoms with E-state index in [2.05, 4.69) is 11.4 Å². The molecule has 2 aromatic carbocycles. The van der Waals surface area contributed by atoms with E-state index in [1.165, 1.54) is 24.0 Å². The van der Waals surface area contributed by atoms with Gasteiger partial charge in [-0.05, 0) is 55.0 Å². The number of aryl methyl sites for hydroxylation is 1. The molecule has 1 amide bonds. The van der Waals surface area contributed by atoms with Gasteiger partial charge in [0.05, 0.1) is 16.3 Å². The zero-order valence-electron chi connectivity index (χ0n) is 11.7. The molecule has 3 nitrogen and oxygen atoms in total. The Morgan fingerprint density at radius 3 is 2.71 bits per heavy atom. The minimum atomic E-state index is -0.216. The van der Waals surface area contributed by atoms with Crippen LogP contribution in [-0.4, -0.2) is 5.91 Å². The van der Waals surface area contributed by atoms with E-state index in [-0.39, 0.29) is 5.91 Å². The molecule has 3 rings (SSSR count). The Bertz CT molecular complexity index is 697. The van der Waals surface area contributed by atoms with E-state index in [4.69, 9.17) is 17.3 Å². The van der Waals surface area contributed by atoms with Crippen LogP contribution >= 0.6 is 11.6 Å². The smallest absolute Gasteiger partial charge is 0.257 e. The maximum atomic E-state index is 12.4. The van der Waals surface area contributed by atoms with Gasteiger partial charge < -0.3 is 11.1 Å². The molecule has 0 fully saturated rings. The van der Waals surface area contributed by atoms with Gasteiger partial charge in [-0.2, -0.15) is 0 Å². The van der Waals surface area contributed by atoms with E-state index < -0.39 is 0 Å². The van der Waals surface area contributed by atoms with Crippen molar-refractivity contribution in [3.05, 3.63) is 58.1 Å². The molecule has 0 saturated carbocycles. The second-order valence-electron chi connectivity index (χ2n) is 5.31. The topological polar surface area (TPSA) is 55.1 Å². The summed E-state index contributed by atoms with van der Waals surface area (Å²) in [5.41, 5.74) is 10.0. The van der Waals surface area contributed by atoms with Crippen LogP contribution < -0.4 is 11.1 Å². The number of nitrogens with one attached hydrogen (secondary N) is 1. The molecule has 2 aromatic rings. The molecule has 0 bridgehead atoms. The lowest BCUT2D eigenvalue weighted by molar-refractivity contribution is 0.102. The van der Waals surface area contributed by atoms with E-state index in [9.17, 15) is 4.79 Å². The molecule has 0 atom stereocenters. The quantitative estimate of drug-likeness (QED) is 0.822. The van der Waals surface area contributed by atoms with Crippen LogP contribution in [-0.2, 0) is 12.8 Å². The minimum Gasteiger partial charge on any atom is -0.398 e. The molecule has 0 radical (unpaired) electrons. The van der Waals surface area contributed by atoms with Crippen LogP contribution in [0.15, 0.2) is 36.4 Å². The summed E-state index contributed by atoms with van der Waals surface area (Å²) in [6, 6.07) is 11.2. The predicted molar refractivity (Wildman–Crippen MR) is 86.9 cm³/mol. The summed E-state index contributed by atoms with van der Waals surface area (Å²) in [5.74, 6) is -0.216. The van der Waals surface area contributed by atoms with Gasteiger partial charge in [0.15, 0.2) is 0 Å². The molecule has 0 aromatic heterocycles. The molecule has 0 saturated heterocycles. The van der Waals surface area contributed by atoms with Gasteiger partial charge in [-0.25, -0.2) is 0 Å². The van der Waals surface area contributed by atoms with Crippen molar-refractivity contribution >= 4 is 28.9 Å². The molecule has 108 valence electrons. The lowest BCUT2D eigenvalue weighted by atomic mass is 9.90. The molecular weight excluding hydrogens is 284 g/mol. The second-order valence-corrected chi connectivity index (χ2v) is 5.69. The first-order valence-electron chi connectivity index (χ1n) is 7.13. The van der Waals surface area contributed by atoms with Crippen LogP contribution in [0, 0.1) is 0 Å². The Kier molecular flexibility index (Phi) is 3.84. The minimum absolute atomic E-state index is 0.216. The highest BCUT2D eigenvalue weighted by Crippen LogP contribution is 2.29. The first-order chi connectivity index (χ1) is 10.2. The van der Waals surface area contributed by atoms with Gasteiger partial charge in [0.2, 0.25) is 0 Å². The summed E-state index contributed by atoms with van der Waals surface area (Å²) in [7, 11) is 0. The summed E-state index contributed by atoms with van der Waals surface area (Å²) >= 11 is 6.11. The Morgan fingerprint density at radius 1 is 1.10 bits per heavy atom. The van der Waals surface area contributed by atoms with Gasteiger partial charge in [-0.15, -0.1) is 0 Å². The van der Waals surface area contributed by atoms with E-state index in [0.717, 1.165) is 18.5 Å². The fourth-order valence-electron chi connectivity index (χ4n) is 2.81. The lowest BCUT2D eigenvalue weighted by Gasteiger charge is -2.19. The van der Waals surface area contributed by atoms with E-state index in [1.807, 2.05) is 12.1 Å². The maximum Gasteiger partial charge on any atom is 0.257 e. The Morgan fingerprint density at radius 2 is 1.86 bits per heavy atom. The second kappa shape index (κ2) is 5.78. The zero-order chi connectivity index (χ0) is 14.8. The normalized spacial score (nSPS) is 13.6. The van der Waals surface area contributed by atoms with Gasteiger partial charge in [0.1, 0.15) is 0 Å². The molecule has 1 aliphatic carbocycles. The first kappa shape index (κ1) is 14.0. The van der Waals surface area contributed by atoms with Gasteiger partial charge in [-0.1, -0.05) is 29.8 Å². The highest BCUT2D eigenvalue weighted by Gasteiger charge is 2.17. The van der Waals surface area contributed by atoms with Crippen LogP contribution in [0.3, 0.4) is 0 Å². The third-order valence-electron chi connectivity index (χ3n) is 3.92. The SMILES string of the molecule is Nc1cccc(C(=O)Nc2cccc3c2CCCC3)c1Cl. The number of rotatable bonds is 2. The highest BCUT2D eigenvalue weighted by molar-refractivity contribution is 6.36. The van der Waals surface area contributed by atoms with Crippen molar-refractivity contribution in [2.45, 2.75) is 25.7 Å². The molecule has 3 N–H and O–H groups in total. The van der Waals surface area contributed by atoms with Crippen LogP contribution in [0.25, 0.3) is 0 Å². The first-order valence-corrected chi connectivity index (χ1v) is 7.50. The predicted octanol–water partition coefficient (Wildman–Crippen LogP) is 4.05. The summed E-state index contributed by atoms with van der Waals surface area (Å²) in [6.07, 6.45) is 4.47. The van der Waals surface area contributed by atoms with Crippen LogP contribution in [0.2, 0.25) is 5.02 Å². The van der Waals surface area contributed by atoms with E-state index in [1.54, 1.807) is 18.2 Å². The van der Waals surface area contributed by atoms with Gasteiger partial charge in [0, 0.05) is 5.69 Å².